The lowest BCUT2D eigenvalue weighted by Gasteiger charge is -2.41. The summed E-state index contributed by atoms with van der Waals surface area (Å²) < 4.78 is 5.96. The van der Waals surface area contributed by atoms with Crippen LogP contribution >= 0.6 is 0 Å². The molecule has 2 rings (SSSR count). The number of anilines is 2. The monoisotopic (exact) mass is 291 g/mol. The number of para-hydroxylation sites is 1. The number of carbonyl (C=O) groups is 1. The van der Waals surface area contributed by atoms with Crippen molar-refractivity contribution in [2.24, 2.45) is 0 Å². The van der Waals surface area contributed by atoms with Crippen LogP contribution in [0.5, 0.6) is 5.75 Å². The van der Waals surface area contributed by atoms with E-state index in [1.165, 1.54) is 0 Å². The van der Waals surface area contributed by atoms with Crippen LogP contribution in [0.4, 0.5) is 11.4 Å². The SMILES string of the molecule is CCC(C)NC(=O)CN1CC(C)(C)Oc2cccc(N)c21. The minimum Gasteiger partial charge on any atom is -0.484 e. The van der Waals surface area contributed by atoms with Crippen LogP contribution < -0.4 is 20.7 Å². The highest BCUT2D eigenvalue weighted by atomic mass is 16.5. The average molecular weight is 291 g/mol. The standard InChI is InChI=1S/C16H25N3O2/c1-5-11(2)18-14(20)9-19-10-16(3,4)21-13-8-6-7-12(17)15(13)19/h6-8,11H,5,9-10,17H2,1-4H3,(H,18,20). The molecule has 0 saturated carbocycles. The summed E-state index contributed by atoms with van der Waals surface area (Å²) in [5, 5.41) is 2.99. The van der Waals surface area contributed by atoms with Crippen molar-refractivity contribution < 1.29 is 9.53 Å². The maximum Gasteiger partial charge on any atom is 0.239 e. The molecule has 1 amide bonds. The number of amides is 1. The van der Waals surface area contributed by atoms with Gasteiger partial charge in [-0.15, -0.1) is 0 Å². The first-order valence-corrected chi connectivity index (χ1v) is 7.44. The molecule has 1 aromatic carbocycles. The Morgan fingerprint density at radius 3 is 2.90 bits per heavy atom. The average Bonchev–Trinajstić information content (AvgIpc) is 2.36. The van der Waals surface area contributed by atoms with Crippen LogP contribution in [0.25, 0.3) is 0 Å². The second kappa shape index (κ2) is 5.84. The van der Waals surface area contributed by atoms with Gasteiger partial charge in [-0.1, -0.05) is 13.0 Å². The molecule has 1 aromatic rings. The second-order valence-corrected chi connectivity index (χ2v) is 6.29. The van der Waals surface area contributed by atoms with E-state index in [4.69, 9.17) is 10.5 Å². The van der Waals surface area contributed by atoms with Gasteiger partial charge in [-0.2, -0.15) is 0 Å². The lowest BCUT2D eigenvalue weighted by molar-refractivity contribution is -0.120. The molecule has 5 heteroatoms. The Morgan fingerprint density at radius 1 is 1.52 bits per heavy atom. The molecular weight excluding hydrogens is 266 g/mol. The minimum atomic E-state index is -0.350. The van der Waals surface area contributed by atoms with Gasteiger partial charge in [0.15, 0.2) is 0 Å². The van der Waals surface area contributed by atoms with Crippen molar-refractivity contribution in [2.45, 2.75) is 45.8 Å². The number of hydrogen-bond acceptors (Lipinski definition) is 4. The Balaban J connectivity index is 2.21. The molecule has 1 atom stereocenters. The highest BCUT2D eigenvalue weighted by Gasteiger charge is 2.33. The topological polar surface area (TPSA) is 67.6 Å². The van der Waals surface area contributed by atoms with E-state index in [1.807, 2.05) is 43.9 Å². The lowest BCUT2D eigenvalue weighted by atomic mass is 10.0. The van der Waals surface area contributed by atoms with Gasteiger partial charge in [0.1, 0.15) is 17.0 Å². The smallest absolute Gasteiger partial charge is 0.239 e. The molecule has 1 heterocycles. The fraction of sp³-hybridized carbons (Fsp3) is 0.562. The van der Waals surface area contributed by atoms with Gasteiger partial charge in [-0.05, 0) is 39.3 Å². The quantitative estimate of drug-likeness (QED) is 0.834. The third-order valence-corrected chi connectivity index (χ3v) is 3.66. The Kier molecular flexibility index (Phi) is 4.30. The van der Waals surface area contributed by atoms with E-state index in [1.54, 1.807) is 0 Å². The summed E-state index contributed by atoms with van der Waals surface area (Å²) in [4.78, 5) is 14.2. The van der Waals surface area contributed by atoms with E-state index in [-0.39, 0.29) is 17.6 Å². The number of carbonyl (C=O) groups excluding carboxylic acids is 1. The van der Waals surface area contributed by atoms with Gasteiger partial charge >= 0.3 is 0 Å². The summed E-state index contributed by atoms with van der Waals surface area (Å²) in [5.41, 5.74) is 7.17. The number of nitrogens with zero attached hydrogens (tertiary/aromatic N) is 1. The molecule has 1 aliphatic rings. The van der Waals surface area contributed by atoms with Crippen molar-refractivity contribution in [3.05, 3.63) is 18.2 Å². The minimum absolute atomic E-state index is 0.0104. The van der Waals surface area contributed by atoms with Crippen molar-refractivity contribution in [1.29, 1.82) is 0 Å². The first-order chi connectivity index (χ1) is 9.82. The molecule has 0 fully saturated rings. The Morgan fingerprint density at radius 2 is 2.24 bits per heavy atom. The molecule has 0 spiro atoms. The van der Waals surface area contributed by atoms with Crippen LogP contribution in [0.3, 0.4) is 0 Å². The van der Waals surface area contributed by atoms with Gasteiger partial charge in [0.25, 0.3) is 0 Å². The van der Waals surface area contributed by atoms with Crippen LogP contribution in [0.1, 0.15) is 34.1 Å². The summed E-state index contributed by atoms with van der Waals surface area (Å²) in [7, 11) is 0. The fourth-order valence-corrected chi connectivity index (χ4v) is 2.56. The van der Waals surface area contributed by atoms with Crippen molar-refractivity contribution >= 4 is 17.3 Å². The number of nitrogen functional groups attached to an aromatic ring is 1. The number of hydrogen-bond donors (Lipinski definition) is 2. The predicted octanol–water partition coefficient (Wildman–Crippen LogP) is 2.16. The first kappa shape index (κ1) is 15.5. The molecule has 0 saturated heterocycles. The van der Waals surface area contributed by atoms with Crippen LogP contribution in [0.2, 0.25) is 0 Å². The highest BCUT2D eigenvalue weighted by Crippen LogP contribution is 2.40. The van der Waals surface area contributed by atoms with Gasteiger partial charge in [0.2, 0.25) is 5.91 Å². The molecule has 0 bridgehead atoms. The summed E-state index contributed by atoms with van der Waals surface area (Å²) in [6, 6.07) is 5.78. The summed E-state index contributed by atoms with van der Waals surface area (Å²) >= 11 is 0. The second-order valence-electron chi connectivity index (χ2n) is 6.29. The Labute approximate surface area is 126 Å². The molecule has 0 aromatic heterocycles. The molecule has 21 heavy (non-hydrogen) atoms. The van der Waals surface area contributed by atoms with Crippen molar-refractivity contribution in [3.63, 3.8) is 0 Å². The zero-order valence-electron chi connectivity index (χ0n) is 13.3. The highest BCUT2D eigenvalue weighted by molar-refractivity contribution is 5.85. The fourth-order valence-electron chi connectivity index (χ4n) is 2.56. The molecule has 116 valence electrons. The summed E-state index contributed by atoms with van der Waals surface area (Å²) in [5.74, 6) is 0.749. The normalized spacial score (nSPS) is 17.6. The molecule has 0 aliphatic carbocycles. The molecule has 0 radical (unpaired) electrons. The van der Waals surface area contributed by atoms with E-state index in [2.05, 4.69) is 12.2 Å². The van der Waals surface area contributed by atoms with Crippen molar-refractivity contribution in [2.75, 3.05) is 23.7 Å². The van der Waals surface area contributed by atoms with Crippen LogP contribution in [-0.4, -0.2) is 30.6 Å². The van der Waals surface area contributed by atoms with E-state index < -0.39 is 0 Å². The molecule has 1 unspecified atom stereocenters. The van der Waals surface area contributed by atoms with Crippen LogP contribution in [-0.2, 0) is 4.79 Å². The molecule has 5 nitrogen and oxygen atoms in total. The van der Waals surface area contributed by atoms with E-state index in [0.29, 0.717) is 18.8 Å². The molecule has 1 aliphatic heterocycles. The van der Waals surface area contributed by atoms with Crippen molar-refractivity contribution in [3.8, 4) is 5.75 Å². The van der Waals surface area contributed by atoms with Gasteiger partial charge in [-0.3, -0.25) is 4.79 Å². The first-order valence-electron chi connectivity index (χ1n) is 7.44. The number of fused-ring (bicyclic) bond motifs is 1. The lowest BCUT2D eigenvalue weighted by Crippen LogP contribution is -2.51. The van der Waals surface area contributed by atoms with E-state index in [0.717, 1.165) is 17.9 Å². The van der Waals surface area contributed by atoms with Crippen molar-refractivity contribution in [1.82, 2.24) is 5.32 Å². The van der Waals surface area contributed by atoms with Gasteiger partial charge in [0, 0.05) is 6.04 Å². The maximum atomic E-state index is 12.2. The Hall–Kier alpha value is -1.91. The third-order valence-electron chi connectivity index (χ3n) is 3.66. The van der Waals surface area contributed by atoms with Crippen LogP contribution in [0, 0.1) is 0 Å². The number of nitrogens with one attached hydrogen (secondary N) is 1. The summed E-state index contributed by atoms with van der Waals surface area (Å²) in [6.45, 7) is 9.00. The van der Waals surface area contributed by atoms with E-state index >= 15 is 0 Å². The molecular formula is C16H25N3O2. The largest absolute Gasteiger partial charge is 0.484 e. The number of benzene rings is 1. The third kappa shape index (κ3) is 3.60. The van der Waals surface area contributed by atoms with Crippen LogP contribution in [0.15, 0.2) is 18.2 Å². The zero-order chi connectivity index (χ0) is 15.6. The maximum absolute atomic E-state index is 12.2. The number of ether oxygens (including phenoxy) is 1. The number of nitrogens with two attached hydrogens (primary N) is 1. The summed E-state index contributed by atoms with van der Waals surface area (Å²) in [6.07, 6.45) is 0.916. The molecule has 3 N–H and O–H groups in total. The van der Waals surface area contributed by atoms with Gasteiger partial charge < -0.3 is 20.7 Å². The van der Waals surface area contributed by atoms with Gasteiger partial charge in [-0.25, -0.2) is 0 Å². The predicted molar refractivity (Wildman–Crippen MR) is 85.7 cm³/mol. The zero-order valence-corrected chi connectivity index (χ0v) is 13.3. The van der Waals surface area contributed by atoms with Gasteiger partial charge in [0.05, 0.1) is 18.8 Å². The Bertz CT molecular complexity index is 528. The number of rotatable bonds is 4. The van der Waals surface area contributed by atoms with E-state index in [9.17, 15) is 4.79 Å².